The Morgan fingerprint density at radius 1 is 0.538 bits per heavy atom. The van der Waals surface area contributed by atoms with Crippen LogP contribution in [0.25, 0.3) is 0 Å². The van der Waals surface area contributed by atoms with Crippen molar-refractivity contribution in [2.45, 2.75) is 181 Å². The van der Waals surface area contributed by atoms with E-state index in [4.69, 9.17) is 18.9 Å². The lowest BCUT2D eigenvalue weighted by Gasteiger charge is -2.20. The molecule has 0 bridgehead atoms. The molecule has 0 aromatic rings. The Morgan fingerprint density at radius 3 is 1.36 bits per heavy atom. The van der Waals surface area contributed by atoms with E-state index in [-0.39, 0.29) is 18.5 Å². The minimum atomic E-state index is -0.458. The number of ether oxygens (including phenoxy) is 4. The fraction of sp³-hybridized carbons (Fsp3) is 0.971. The van der Waals surface area contributed by atoms with Crippen LogP contribution in [0.15, 0.2) is 0 Å². The summed E-state index contributed by atoms with van der Waals surface area (Å²) in [6.45, 7) is 13.1. The molecule has 39 heavy (non-hydrogen) atoms. The lowest BCUT2D eigenvalue weighted by Crippen LogP contribution is -2.28. The zero-order valence-corrected chi connectivity index (χ0v) is 27.0. The normalized spacial score (nSPS) is 12.6. The zero-order chi connectivity index (χ0) is 28.9. The number of rotatable bonds is 30. The van der Waals surface area contributed by atoms with Crippen LogP contribution in [-0.2, 0) is 23.7 Å². The largest absolute Gasteiger partial charge is 0.460 e. The minimum absolute atomic E-state index is 0.0784. The predicted molar refractivity (Wildman–Crippen MR) is 166 cm³/mol. The molecule has 1 atom stereocenters. The molecule has 0 aromatic carbocycles. The lowest BCUT2D eigenvalue weighted by molar-refractivity contribution is -0.156. The fourth-order valence-corrected chi connectivity index (χ4v) is 4.65. The summed E-state index contributed by atoms with van der Waals surface area (Å²) in [7, 11) is 0. The summed E-state index contributed by atoms with van der Waals surface area (Å²) in [5, 5.41) is 0. The van der Waals surface area contributed by atoms with Crippen LogP contribution in [0.3, 0.4) is 0 Å². The lowest BCUT2D eigenvalue weighted by atomic mass is 10.1. The van der Waals surface area contributed by atoms with Crippen molar-refractivity contribution in [2.24, 2.45) is 0 Å². The maximum absolute atomic E-state index is 11.9. The first kappa shape index (κ1) is 38.4. The maximum Gasteiger partial charge on any atom is 0.308 e. The quantitative estimate of drug-likeness (QED) is 0.0651. The highest BCUT2D eigenvalue weighted by molar-refractivity contribution is 5.69. The van der Waals surface area contributed by atoms with Gasteiger partial charge in [0.1, 0.15) is 11.7 Å². The van der Waals surface area contributed by atoms with Crippen molar-refractivity contribution in [1.29, 1.82) is 0 Å². The molecule has 0 radical (unpaired) electrons. The van der Waals surface area contributed by atoms with Gasteiger partial charge in [-0.3, -0.25) is 4.79 Å². The monoisotopic (exact) mass is 557 g/mol. The molecule has 0 spiro atoms. The fourth-order valence-electron chi connectivity index (χ4n) is 4.65. The maximum atomic E-state index is 11.9. The van der Waals surface area contributed by atoms with Crippen molar-refractivity contribution in [3.63, 3.8) is 0 Å². The standard InChI is InChI=1S/C34H68O5/c1-6-8-10-12-14-16-18-20-22-24-27-36-30-32(31-37-29-26-33(35)39-34(3,4)5)38-28-25-23-21-19-17-15-13-11-9-7-2/h32H,6-31H2,1-5H3. The van der Waals surface area contributed by atoms with Crippen LogP contribution in [0.4, 0.5) is 0 Å². The van der Waals surface area contributed by atoms with Gasteiger partial charge in [0.25, 0.3) is 0 Å². The molecule has 234 valence electrons. The van der Waals surface area contributed by atoms with Gasteiger partial charge >= 0.3 is 5.97 Å². The predicted octanol–water partition coefficient (Wildman–Crippen LogP) is 9.98. The molecule has 0 aliphatic rings. The second kappa shape index (κ2) is 28.9. The number of carbonyl (C=O) groups excluding carboxylic acids is 1. The Balaban J connectivity index is 4.00. The van der Waals surface area contributed by atoms with Gasteiger partial charge in [-0.15, -0.1) is 0 Å². The third-order valence-electron chi connectivity index (χ3n) is 6.97. The van der Waals surface area contributed by atoms with Crippen LogP contribution in [0.2, 0.25) is 0 Å². The third-order valence-corrected chi connectivity index (χ3v) is 6.97. The molecule has 0 saturated carbocycles. The van der Waals surface area contributed by atoms with Crippen molar-refractivity contribution in [2.75, 3.05) is 33.0 Å². The average molecular weight is 557 g/mol. The first-order chi connectivity index (χ1) is 18.9. The topological polar surface area (TPSA) is 54.0 Å². The SMILES string of the molecule is CCCCCCCCCCCCOCC(COCCC(=O)OC(C)(C)C)OCCCCCCCCCCCC. The van der Waals surface area contributed by atoms with Crippen LogP contribution >= 0.6 is 0 Å². The molecular weight excluding hydrogens is 488 g/mol. The first-order valence-electron chi connectivity index (χ1n) is 16.9. The van der Waals surface area contributed by atoms with Gasteiger partial charge in [-0.25, -0.2) is 0 Å². The molecule has 5 heteroatoms. The molecule has 0 aromatic heterocycles. The van der Waals surface area contributed by atoms with Gasteiger partial charge in [0.05, 0.1) is 26.2 Å². The molecule has 0 aliphatic heterocycles. The van der Waals surface area contributed by atoms with Gasteiger partial charge < -0.3 is 18.9 Å². The molecule has 0 rings (SSSR count). The van der Waals surface area contributed by atoms with Crippen molar-refractivity contribution >= 4 is 5.97 Å². The molecular formula is C34H68O5. The number of esters is 1. The van der Waals surface area contributed by atoms with Crippen LogP contribution in [0.5, 0.6) is 0 Å². The Morgan fingerprint density at radius 2 is 0.923 bits per heavy atom. The van der Waals surface area contributed by atoms with Crippen LogP contribution < -0.4 is 0 Å². The Bertz CT molecular complexity index is 502. The van der Waals surface area contributed by atoms with Gasteiger partial charge in [-0.1, -0.05) is 129 Å². The van der Waals surface area contributed by atoms with Crippen molar-refractivity contribution < 1.29 is 23.7 Å². The number of carbonyl (C=O) groups is 1. The summed E-state index contributed by atoms with van der Waals surface area (Å²) in [6.07, 6.45) is 26.7. The minimum Gasteiger partial charge on any atom is -0.460 e. The number of hydrogen-bond donors (Lipinski definition) is 0. The smallest absolute Gasteiger partial charge is 0.308 e. The Labute approximate surface area is 243 Å². The van der Waals surface area contributed by atoms with E-state index < -0.39 is 5.60 Å². The zero-order valence-electron chi connectivity index (χ0n) is 27.0. The van der Waals surface area contributed by atoms with Crippen molar-refractivity contribution in [1.82, 2.24) is 0 Å². The van der Waals surface area contributed by atoms with Gasteiger partial charge in [0.2, 0.25) is 0 Å². The number of unbranched alkanes of at least 4 members (excludes halogenated alkanes) is 18. The van der Waals surface area contributed by atoms with E-state index in [2.05, 4.69) is 13.8 Å². The first-order valence-corrected chi connectivity index (χ1v) is 16.9. The summed E-state index contributed by atoms with van der Waals surface area (Å²) in [5.41, 5.74) is -0.458. The van der Waals surface area contributed by atoms with E-state index >= 15 is 0 Å². The van der Waals surface area contributed by atoms with Gasteiger partial charge in [-0.05, 0) is 33.6 Å². The Hall–Kier alpha value is -0.650. The molecule has 0 heterocycles. The molecule has 0 aliphatic carbocycles. The molecule has 1 unspecified atom stereocenters. The second-order valence-electron chi connectivity index (χ2n) is 12.3. The molecule has 5 nitrogen and oxygen atoms in total. The molecule has 0 saturated heterocycles. The van der Waals surface area contributed by atoms with E-state index in [9.17, 15) is 4.79 Å². The summed E-state index contributed by atoms with van der Waals surface area (Å²) < 4.78 is 23.2. The Kier molecular flexibility index (Phi) is 28.4. The highest BCUT2D eigenvalue weighted by Gasteiger charge is 2.16. The van der Waals surface area contributed by atoms with Gasteiger partial charge in [-0.2, -0.15) is 0 Å². The van der Waals surface area contributed by atoms with Crippen LogP contribution in [0, 0.1) is 0 Å². The molecule has 0 fully saturated rings. The van der Waals surface area contributed by atoms with E-state index in [1.807, 2.05) is 20.8 Å². The molecule has 0 N–H and O–H groups in total. The van der Waals surface area contributed by atoms with E-state index in [1.165, 1.54) is 116 Å². The third kappa shape index (κ3) is 31.7. The molecule has 0 amide bonds. The van der Waals surface area contributed by atoms with Crippen molar-refractivity contribution in [3.8, 4) is 0 Å². The number of hydrogen-bond acceptors (Lipinski definition) is 5. The summed E-state index contributed by atoms with van der Waals surface area (Å²) in [4.78, 5) is 11.9. The summed E-state index contributed by atoms with van der Waals surface area (Å²) in [6, 6.07) is 0. The highest BCUT2D eigenvalue weighted by Crippen LogP contribution is 2.13. The van der Waals surface area contributed by atoms with E-state index in [1.54, 1.807) is 0 Å². The van der Waals surface area contributed by atoms with E-state index in [0.29, 0.717) is 19.8 Å². The van der Waals surface area contributed by atoms with Gasteiger partial charge in [0, 0.05) is 13.2 Å². The average Bonchev–Trinajstić information content (AvgIpc) is 2.88. The summed E-state index contributed by atoms with van der Waals surface area (Å²) >= 11 is 0. The van der Waals surface area contributed by atoms with Crippen LogP contribution in [-0.4, -0.2) is 50.7 Å². The van der Waals surface area contributed by atoms with E-state index in [0.717, 1.165) is 26.1 Å². The second-order valence-corrected chi connectivity index (χ2v) is 12.3. The van der Waals surface area contributed by atoms with Crippen molar-refractivity contribution in [3.05, 3.63) is 0 Å². The highest BCUT2D eigenvalue weighted by atomic mass is 16.6. The summed E-state index contributed by atoms with van der Waals surface area (Å²) in [5.74, 6) is -0.220. The van der Waals surface area contributed by atoms with Crippen LogP contribution in [0.1, 0.15) is 169 Å². The van der Waals surface area contributed by atoms with Gasteiger partial charge in [0.15, 0.2) is 0 Å².